The Balaban J connectivity index is 1.58. The van der Waals surface area contributed by atoms with E-state index in [2.05, 4.69) is 10.1 Å². The van der Waals surface area contributed by atoms with Crippen molar-refractivity contribution in [2.24, 2.45) is 10.1 Å². The Bertz CT molecular complexity index is 1130. The van der Waals surface area contributed by atoms with Crippen LogP contribution in [0.25, 0.3) is 17.4 Å². The average molecular weight is 422 g/mol. The molecule has 8 nitrogen and oxygen atoms in total. The van der Waals surface area contributed by atoms with E-state index in [-0.39, 0.29) is 11.4 Å². The first kappa shape index (κ1) is 19.8. The lowest BCUT2D eigenvalue weighted by Gasteiger charge is -2.19. The predicted octanol–water partition coefficient (Wildman–Crippen LogP) is 4.15. The summed E-state index contributed by atoms with van der Waals surface area (Å²) in [6.07, 6.45) is 3.19. The molecule has 2 aliphatic rings. The van der Waals surface area contributed by atoms with E-state index in [4.69, 9.17) is 14.6 Å². The fourth-order valence-electron chi connectivity index (χ4n) is 2.96. The molecule has 0 aliphatic carbocycles. The normalized spacial score (nSPS) is 17.1. The van der Waals surface area contributed by atoms with E-state index in [1.165, 1.54) is 30.0 Å². The minimum Gasteiger partial charge on any atom is -0.465 e. The van der Waals surface area contributed by atoms with Crippen molar-refractivity contribution in [1.82, 2.24) is 5.01 Å². The molecule has 2 aromatic rings. The van der Waals surface area contributed by atoms with Gasteiger partial charge in [-0.25, -0.2) is 4.79 Å². The number of furan rings is 1. The van der Waals surface area contributed by atoms with Gasteiger partial charge in [0.1, 0.15) is 16.6 Å². The Morgan fingerprint density at radius 3 is 2.73 bits per heavy atom. The number of fused-ring (bicyclic) bond motifs is 1. The summed E-state index contributed by atoms with van der Waals surface area (Å²) in [4.78, 5) is 28.1. The molecule has 1 amide bonds. The number of benzene rings is 1. The standard InChI is InChI=1S/C21H18N4O4S/c1-3-4-17-24-25-18(22)15(19(26)23-21(25)30-17)11-14-9-10-16(29-14)12-5-7-13(8-6-12)20(27)28-2/h5-11,22H,3-4H2,1-2H3/b15-11+,22-18?. The van der Waals surface area contributed by atoms with E-state index in [9.17, 15) is 9.59 Å². The van der Waals surface area contributed by atoms with Gasteiger partial charge in [-0.05, 0) is 54.9 Å². The van der Waals surface area contributed by atoms with Crippen molar-refractivity contribution in [3.63, 3.8) is 0 Å². The summed E-state index contributed by atoms with van der Waals surface area (Å²) in [5, 5.41) is 15.4. The van der Waals surface area contributed by atoms with Crippen LogP contribution in [-0.4, -0.2) is 40.0 Å². The Kier molecular flexibility index (Phi) is 5.37. The SMILES string of the molecule is CCCC1=NN2C(=N)/C(=C\c3ccc(-c4ccc(C(=O)OC)cc4)o3)C(=O)N=C2S1. The lowest BCUT2D eigenvalue weighted by Crippen LogP contribution is -2.35. The van der Waals surface area contributed by atoms with Crippen molar-refractivity contribution in [1.29, 1.82) is 5.41 Å². The zero-order valence-electron chi connectivity index (χ0n) is 16.3. The number of esters is 1. The molecule has 9 heteroatoms. The van der Waals surface area contributed by atoms with Crippen LogP contribution in [-0.2, 0) is 9.53 Å². The lowest BCUT2D eigenvalue weighted by molar-refractivity contribution is -0.114. The number of carbonyl (C=O) groups is 2. The van der Waals surface area contributed by atoms with E-state index >= 15 is 0 Å². The van der Waals surface area contributed by atoms with Gasteiger partial charge in [0.2, 0.25) is 5.17 Å². The molecule has 3 heterocycles. The van der Waals surface area contributed by atoms with Gasteiger partial charge in [-0.2, -0.15) is 15.1 Å². The van der Waals surface area contributed by atoms with Crippen molar-refractivity contribution >= 4 is 45.8 Å². The largest absolute Gasteiger partial charge is 0.465 e. The fraction of sp³-hybridized carbons (Fsp3) is 0.190. The number of rotatable bonds is 5. The third-order valence-corrected chi connectivity index (χ3v) is 5.43. The number of amides is 1. The number of nitrogens with one attached hydrogen (secondary N) is 1. The second-order valence-electron chi connectivity index (χ2n) is 6.53. The van der Waals surface area contributed by atoms with E-state index < -0.39 is 11.9 Å². The quantitative estimate of drug-likeness (QED) is 0.573. The highest BCUT2D eigenvalue weighted by molar-refractivity contribution is 8.26. The van der Waals surface area contributed by atoms with Crippen LogP contribution in [0.5, 0.6) is 0 Å². The number of methoxy groups -OCH3 is 1. The molecule has 0 bridgehead atoms. The number of nitrogens with zero attached hydrogens (tertiary/aromatic N) is 3. The van der Waals surface area contributed by atoms with E-state index in [1.807, 2.05) is 6.92 Å². The maximum atomic E-state index is 12.4. The second-order valence-corrected chi connectivity index (χ2v) is 7.58. The molecule has 0 radical (unpaired) electrons. The molecule has 0 saturated heterocycles. The van der Waals surface area contributed by atoms with Crippen molar-refractivity contribution < 1.29 is 18.7 Å². The summed E-state index contributed by atoms with van der Waals surface area (Å²) in [7, 11) is 1.33. The fourth-order valence-corrected chi connectivity index (χ4v) is 3.95. The number of carbonyl (C=O) groups excluding carboxylic acids is 2. The number of hydrogen-bond acceptors (Lipinski definition) is 7. The van der Waals surface area contributed by atoms with Crippen LogP contribution in [0.2, 0.25) is 0 Å². The molecule has 152 valence electrons. The minimum atomic E-state index is -0.493. The number of aliphatic imine (C=N–C) groups is 1. The monoisotopic (exact) mass is 422 g/mol. The van der Waals surface area contributed by atoms with Gasteiger partial charge < -0.3 is 9.15 Å². The smallest absolute Gasteiger partial charge is 0.337 e. The maximum absolute atomic E-state index is 12.4. The highest BCUT2D eigenvalue weighted by Crippen LogP contribution is 2.30. The minimum absolute atomic E-state index is 0.0241. The van der Waals surface area contributed by atoms with Crippen molar-refractivity contribution in [3.8, 4) is 11.3 Å². The predicted molar refractivity (Wildman–Crippen MR) is 115 cm³/mol. The molecule has 0 saturated carbocycles. The molecule has 0 fully saturated rings. The third kappa shape index (κ3) is 3.71. The first-order chi connectivity index (χ1) is 14.5. The Morgan fingerprint density at radius 1 is 1.27 bits per heavy atom. The number of hydrazone groups is 1. The molecule has 1 aromatic heterocycles. The highest BCUT2D eigenvalue weighted by Gasteiger charge is 2.35. The molecular weight excluding hydrogens is 404 g/mol. The topological polar surface area (TPSA) is 108 Å². The van der Waals surface area contributed by atoms with Crippen LogP contribution in [0.3, 0.4) is 0 Å². The van der Waals surface area contributed by atoms with Crippen LogP contribution in [0, 0.1) is 5.41 Å². The molecule has 0 atom stereocenters. The molecular formula is C21H18N4O4S. The average Bonchev–Trinajstić information content (AvgIpc) is 3.38. The van der Waals surface area contributed by atoms with Crippen LogP contribution in [0.15, 0.2) is 56.5 Å². The van der Waals surface area contributed by atoms with Crippen molar-refractivity contribution in [2.75, 3.05) is 7.11 Å². The Morgan fingerprint density at radius 2 is 2.03 bits per heavy atom. The molecule has 0 spiro atoms. The highest BCUT2D eigenvalue weighted by atomic mass is 32.2. The zero-order valence-corrected chi connectivity index (χ0v) is 17.2. The Labute approximate surface area is 176 Å². The summed E-state index contributed by atoms with van der Waals surface area (Å²) < 4.78 is 10.5. The summed E-state index contributed by atoms with van der Waals surface area (Å²) in [6, 6.07) is 10.3. The number of ether oxygens (including phenoxy) is 1. The van der Waals surface area contributed by atoms with E-state index in [0.717, 1.165) is 23.4 Å². The summed E-state index contributed by atoms with van der Waals surface area (Å²) in [6.45, 7) is 2.04. The molecule has 30 heavy (non-hydrogen) atoms. The molecule has 0 unspecified atom stereocenters. The number of amidine groups is 2. The maximum Gasteiger partial charge on any atom is 0.337 e. The summed E-state index contributed by atoms with van der Waals surface area (Å²) in [5.74, 6) is 0.0530. The molecule has 4 rings (SSSR count). The van der Waals surface area contributed by atoms with Gasteiger partial charge in [-0.3, -0.25) is 10.2 Å². The summed E-state index contributed by atoms with van der Waals surface area (Å²) >= 11 is 1.32. The number of hydrogen-bond donors (Lipinski definition) is 1. The molecule has 1 aromatic carbocycles. The van der Waals surface area contributed by atoms with Crippen LogP contribution in [0.1, 0.15) is 35.9 Å². The van der Waals surface area contributed by atoms with Crippen LogP contribution >= 0.6 is 11.8 Å². The van der Waals surface area contributed by atoms with E-state index in [0.29, 0.717) is 22.3 Å². The zero-order chi connectivity index (χ0) is 21.3. The van der Waals surface area contributed by atoms with Gasteiger partial charge in [0.25, 0.3) is 5.91 Å². The van der Waals surface area contributed by atoms with Gasteiger partial charge in [0, 0.05) is 5.56 Å². The van der Waals surface area contributed by atoms with Gasteiger partial charge >= 0.3 is 5.97 Å². The molecule has 1 N–H and O–H groups in total. The van der Waals surface area contributed by atoms with Gasteiger partial charge in [0.15, 0.2) is 5.84 Å². The summed E-state index contributed by atoms with van der Waals surface area (Å²) in [5.41, 5.74) is 1.32. The number of thioether (sulfide) groups is 1. The van der Waals surface area contributed by atoms with Crippen LogP contribution in [0.4, 0.5) is 0 Å². The first-order valence-corrected chi connectivity index (χ1v) is 10.1. The van der Waals surface area contributed by atoms with Gasteiger partial charge in [0.05, 0.1) is 18.2 Å². The van der Waals surface area contributed by atoms with Crippen molar-refractivity contribution in [3.05, 3.63) is 53.3 Å². The lowest BCUT2D eigenvalue weighted by atomic mass is 10.1. The first-order valence-electron chi connectivity index (χ1n) is 9.28. The Hall–Kier alpha value is -3.46. The van der Waals surface area contributed by atoms with Crippen molar-refractivity contribution in [2.45, 2.75) is 19.8 Å². The van der Waals surface area contributed by atoms with E-state index in [1.54, 1.807) is 36.4 Å². The second kappa shape index (κ2) is 8.11. The van der Waals surface area contributed by atoms with Gasteiger partial charge in [-0.15, -0.1) is 0 Å². The molecule has 2 aliphatic heterocycles. The van der Waals surface area contributed by atoms with Gasteiger partial charge in [-0.1, -0.05) is 19.1 Å². The van der Waals surface area contributed by atoms with Crippen LogP contribution < -0.4 is 0 Å². The third-order valence-electron chi connectivity index (χ3n) is 4.46.